The fourth-order valence-corrected chi connectivity index (χ4v) is 2.99. The first kappa shape index (κ1) is 14.3. The molecule has 0 aliphatic carbocycles. The minimum Gasteiger partial charge on any atom is -0.492 e. The molecule has 1 fully saturated rings. The van der Waals surface area contributed by atoms with E-state index in [1.165, 1.54) is 0 Å². The first-order valence-electron chi connectivity index (χ1n) is 6.57. The van der Waals surface area contributed by atoms with Gasteiger partial charge in [0.2, 0.25) is 5.91 Å². The van der Waals surface area contributed by atoms with Crippen molar-refractivity contribution in [1.82, 2.24) is 5.32 Å². The molecule has 0 bridgehead atoms. The second-order valence-electron chi connectivity index (χ2n) is 5.22. The molecule has 0 saturated carbocycles. The fourth-order valence-electron chi connectivity index (χ4n) is 2.61. The number of hydrogen-bond acceptors (Lipinski definition) is 4. The van der Waals surface area contributed by atoms with Crippen LogP contribution < -0.4 is 10.1 Å². The molecule has 0 aromatic heterocycles. The van der Waals surface area contributed by atoms with E-state index in [1.807, 2.05) is 12.1 Å². The van der Waals surface area contributed by atoms with Crippen molar-refractivity contribution >= 4 is 27.8 Å². The first-order valence-corrected chi connectivity index (χ1v) is 7.36. The summed E-state index contributed by atoms with van der Waals surface area (Å²) in [5.74, 6) is -1.26. The molecular formula is C14H14BrNO5. The zero-order valence-electron chi connectivity index (χ0n) is 11.1. The summed E-state index contributed by atoms with van der Waals surface area (Å²) < 4.78 is 11.5. The van der Waals surface area contributed by atoms with Crippen molar-refractivity contribution in [1.29, 1.82) is 0 Å². The number of hydrogen-bond donors (Lipinski definition) is 2. The van der Waals surface area contributed by atoms with Crippen LogP contribution >= 0.6 is 15.9 Å². The van der Waals surface area contributed by atoms with Gasteiger partial charge in [0.25, 0.3) is 0 Å². The molecule has 6 nitrogen and oxygen atoms in total. The number of halogens is 1. The topological polar surface area (TPSA) is 84.9 Å². The van der Waals surface area contributed by atoms with Crippen molar-refractivity contribution in [2.45, 2.75) is 17.9 Å². The summed E-state index contributed by atoms with van der Waals surface area (Å²) in [6, 6.07) is 5.45. The average molecular weight is 356 g/mol. The van der Waals surface area contributed by atoms with Gasteiger partial charge in [-0.2, -0.15) is 0 Å². The highest BCUT2D eigenvalue weighted by Crippen LogP contribution is 2.36. The van der Waals surface area contributed by atoms with E-state index >= 15 is 0 Å². The number of benzene rings is 1. The van der Waals surface area contributed by atoms with Gasteiger partial charge in [0.1, 0.15) is 18.3 Å². The van der Waals surface area contributed by atoms with E-state index in [2.05, 4.69) is 21.2 Å². The highest BCUT2D eigenvalue weighted by atomic mass is 79.9. The molecule has 1 aromatic carbocycles. The molecule has 1 amide bonds. The van der Waals surface area contributed by atoms with Crippen LogP contribution in [0.2, 0.25) is 0 Å². The van der Waals surface area contributed by atoms with E-state index in [4.69, 9.17) is 9.47 Å². The molecule has 1 aromatic rings. The average Bonchev–Trinajstić information content (AvgIpc) is 3.05. The van der Waals surface area contributed by atoms with Gasteiger partial charge in [0, 0.05) is 23.1 Å². The smallest absolute Gasteiger partial charge is 0.331 e. The molecule has 2 heterocycles. The Morgan fingerprint density at radius 3 is 2.90 bits per heavy atom. The van der Waals surface area contributed by atoms with Gasteiger partial charge in [-0.15, -0.1) is 0 Å². The van der Waals surface area contributed by atoms with Gasteiger partial charge in [0.05, 0.1) is 6.61 Å². The maximum absolute atomic E-state index is 12.5. The molecule has 0 radical (unpaired) electrons. The Hall–Kier alpha value is -1.60. The molecule has 1 saturated heterocycles. The monoisotopic (exact) mass is 355 g/mol. The van der Waals surface area contributed by atoms with Crippen LogP contribution in [-0.2, 0) is 14.3 Å². The largest absolute Gasteiger partial charge is 0.492 e. The molecule has 3 rings (SSSR count). The SMILES string of the molecule is O=C(NC1(C(=O)O)CCOC1)C1COc2ccc(Br)cc21. The van der Waals surface area contributed by atoms with E-state index in [9.17, 15) is 14.7 Å². The van der Waals surface area contributed by atoms with Gasteiger partial charge >= 0.3 is 5.97 Å². The van der Waals surface area contributed by atoms with Gasteiger partial charge < -0.3 is 19.9 Å². The van der Waals surface area contributed by atoms with Crippen molar-refractivity contribution in [2.75, 3.05) is 19.8 Å². The van der Waals surface area contributed by atoms with Crippen molar-refractivity contribution in [2.24, 2.45) is 0 Å². The third kappa shape index (κ3) is 2.51. The number of carboxylic acids is 1. The number of carboxylic acid groups (broad SMARTS) is 1. The highest BCUT2D eigenvalue weighted by Gasteiger charge is 2.46. The molecule has 7 heteroatoms. The Balaban J connectivity index is 1.81. The number of fused-ring (bicyclic) bond motifs is 1. The van der Waals surface area contributed by atoms with Crippen LogP contribution in [0.5, 0.6) is 5.75 Å². The van der Waals surface area contributed by atoms with Gasteiger partial charge in [-0.05, 0) is 18.2 Å². The fraction of sp³-hybridized carbons (Fsp3) is 0.429. The second-order valence-corrected chi connectivity index (χ2v) is 6.14. The Labute approximate surface area is 129 Å². The summed E-state index contributed by atoms with van der Waals surface area (Å²) in [7, 11) is 0. The minimum atomic E-state index is -1.33. The lowest BCUT2D eigenvalue weighted by atomic mass is 9.95. The molecule has 0 spiro atoms. The van der Waals surface area contributed by atoms with Crippen molar-refractivity contribution in [3.8, 4) is 5.75 Å². The van der Waals surface area contributed by atoms with Crippen LogP contribution in [0.15, 0.2) is 22.7 Å². The van der Waals surface area contributed by atoms with Crippen LogP contribution in [0.25, 0.3) is 0 Å². The van der Waals surface area contributed by atoms with Crippen molar-refractivity contribution < 1.29 is 24.2 Å². The predicted molar refractivity (Wildman–Crippen MR) is 76.3 cm³/mol. The number of aliphatic carboxylic acids is 1. The third-order valence-corrected chi connectivity index (χ3v) is 4.36. The van der Waals surface area contributed by atoms with Gasteiger partial charge in [-0.25, -0.2) is 4.79 Å². The Morgan fingerprint density at radius 2 is 2.24 bits per heavy atom. The number of amides is 1. The summed E-state index contributed by atoms with van der Waals surface area (Å²) in [5.41, 5.74) is -0.562. The van der Waals surface area contributed by atoms with Gasteiger partial charge in [-0.3, -0.25) is 4.79 Å². The van der Waals surface area contributed by atoms with Crippen molar-refractivity contribution in [3.05, 3.63) is 28.2 Å². The highest BCUT2D eigenvalue weighted by molar-refractivity contribution is 9.10. The lowest BCUT2D eigenvalue weighted by Crippen LogP contribution is -2.56. The number of ether oxygens (including phenoxy) is 2. The van der Waals surface area contributed by atoms with Crippen LogP contribution in [0.4, 0.5) is 0 Å². The van der Waals surface area contributed by atoms with Crippen LogP contribution in [0, 0.1) is 0 Å². The van der Waals surface area contributed by atoms with E-state index in [0.29, 0.717) is 12.4 Å². The predicted octanol–water partition coefficient (Wildman–Crippen LogP) is 1.28. The van der Waals surface area contributed by atoms with E-state index in [0.717, 1.165) is 10.0 Å². The number of rotatable bonds is 3. The normalized spacial score (nSPS) is 27.0. The second kappa shape index (κ2) is 5.31. The molecule has 2 aliphatic heterocycles. The Bertz CT molecular complexity index is 597. The molecule has 2 aliphatic rings. The number of nitrogens with one attached hydrogen (secondary N) is 1. The van der Waals surface area contributed by atoms with E-state index < -0.39 is 17.4 Å². The summed E-state index contributed by atoms with van der Waals surface area (Å²) in [4.78, 5) is 23.9. The molecular weight excluding hydrogens is 342 g/mol. The van der Waals surface area contributed by atoms with Gasteiger partial charge in [0.15, 0.2) is 5.54 Å². The lowest BCUT2D eigenvalue weighted by Gasteiger charge is -2.25. The quantitative estimate of drug-likeness (QED) is 0.853. The lowest BCUT2D eigenvalue weighted by molar-refractivity contribution is -0.147. The van der Waals surface area contributed by atoms with E-state index in [1.54, 1.807) is 6.07 Å². The van der Waals surface area contributed by atoms with Crippen molar-refractivity contribution in [3.63, 3.8) is 0 Å². The van der Waals surface area contributed by atoms with Crippen LogP contribution in [-0.4, -0.2) is 42.3 Å². The molecule has 21 heavy (non-hydrogen) atoms. The summed E-state index contributed by atoms with van der Waals surface area (Å²) >= 11 is 3.36. The zero-order valence-corrected chi connectivity index (χ0v) is 12.7. The summed E-state index contributed by atoms with van der Waals surface area (Å²) in [6.45, 7) is 0.539. The standard InChI is InChI=1S/C14H14BrNO5/c15-8-1-2-11-9(5-8)10(6-21-11)12(17)16-14(13(18)19)3-4-20-7-14/h1-2,5,10H,3-4,6-7H2,(H,16,17)(H,18,19). The minimum absolute atomic E-state index is 0.00695. The Kier molecular flexibility index (Phi) is 3.62. The summed E-state index contributed by atoms with van der Waals surface area (Å²) in [5, 5.41) is 12.0. The zero-order chi connectivity index (χ0) is 15.0. The number of carbonyl (C=O) groups excluding carboxylic acids is 1. The van der Waals surface area contributed by atoms with Crippen LogP contribution in [0.1, 0.15) is 17.9 Å². The Morgan fingerprint density at radius 1 is 1.43 bits per heavy atom. The first-order chi connectivity index (χ1) is 10.0. The maximum Gasteiger partial charge on any atom is 0.331 e. The molecule has 2 N–H and O–H groups in total. The molecule has 2 unspecified atom stereocenters. The third-order valence-electron chi connectivity index (χ3n) is 3.86. The number of carbonyl (C=O) groups is 2. The summed E-state index contributed by atoms with van der Waals surface area (Å²) in [6.07, 6.45) is 0.271. The van der Waals surface area contributed by atoms with Gasteiger partial charge in [-0.1, -0.05) is 15.9 Å². The maximum atomic E-state index is 12.5. The van der Waals surface area contributed by atoms with E-state index in [-0.39, 0.29) is 25.5 Å². The van der Waals surface area contributed by atoms with Crippen LogP contribution in [0.3, 0.4) is 0 Å². The molecule has 2 atom stereocenters. The molecule has 112 valence electrons.